The Labute approximate surface area is 51.4 Å². The second-order valence-corrected chi connectivity index (χ2v) is 3.18. The molecule has 0 aromatic heterocycles. The van der Waals surface area contributed by atoms with Crippen molar-refractivity contribution < 1.29 is 4.79 Å². The molecule has 0 bridgehead atoms. The first kappa shape index (κ1) is 6.03. The zero-order chi connectivity index (χ0) is 6.15. The van der Waals surface area contributed by atoms with E-state index in [1.165, 1.54) is 0 Å². The molecule has 2 nitrogen and oxygen atoms in total. The van der Waals surface area contributed by atoms with Crippen molar-refractivity contribution in [2.45, 2.75) is 12.1 Å². The molecular formula is C5H10NOP. The molecule has 3 heteroatoms. The summed E-state index contributed by atoms with van der Waals surface area (Å²) in [6.07, 6.45) is 0.709. The Morgan fingerprint density at radius 2 is 2.50 bits per heavy atom. The van der Waals surface area contributed by atoms with E-state index in [0.29, 0.717) is 12.1 Å². The first-order valence-electron chi connectivity index (χ1n) is 2.69. The van der Waals surface area contributed by atoms with Gasteiger partial charge in [-0.15, -0.1) is 9.24 Å². The van der Waals surface area contributed by atoms with E-state index in [1.54, 1.807) is 4.90 Å². The second-order valence-electron chi connectivity index (χ2n) is 2.24. The van der Waals surface area contributed by atoms with Crippen LogP contribution in [0.15, 0.2) is 0 Å². The number of nitrogens with zero attached hydrogens (tertiary/aromatic N) is 1. The molecule has 1 heterocycles. The van der Waals surface area contributed by atoms with E-state index in [0.717, 1.165) is 6.54 Å². The maximum atomic E-state index is 10.7. The molecule has 1 fully saturated rings. The van der Waals surface area contributed by atoms with Crippen molar-refractivity contribution in [3.05, 3.63) is 0 Å². The van der Waals surface area contributed by atoms with E-state index in [9.17, 15) is 4.79 Å². The second kappa shape index (κ2) is 2.02. The van der Waals surface area contributed by atoms with Gasteiger partial charge in [-0.3, -0.25) is 4.79 Å². The lowest BCUT2D eigenvalue weighted by atomic mass is 10.4. The van der Waals surface area contributed by atoms with Crippen LogP contribution in [0.25, 0.3) is 0 Å². The Kier molecular flexibility index (Phi) is 1.52. The predicted molar refractivity (Wildman–Crippen MR) is 35.8 cm³/mol. The summed E-state index contributed by atoms with van der Waals surface area (Å²) in [5, 5.41) is 0. The first-order valence-corrected chi connectivity index (χ1v) is 3.36. The van der Waals surface area contributed by atoms with Crippen molar-refractivity contribution in [3.63, 3.8) is 0 Å². The van der Waals surface area contributed by atoms with Crippen LogP contribution in [0.4, 0.5) is 0 Å². The molecule has 0 aromatic rings. The monoisotopic (exact) mass is 131 g/mol. The van der Waals surface area contributed by atoms with Gasteiger partial charge in [0.25, 0.3) is 0 Å². The highest BCUT2D eigenvalue weighted by atomic mass is 31.0. The molecule has 1 amide bonds. The third-order valence-corrected chi connectivity index (χ3v) is 1.82. The van der Waals surface area contributed by atoms with Gasteiger partial charge in [-0.2, -0.15) is 0 Å². The average molecular weight is 131 g/mol. The van der Waals surface area contributed by atoms with Crippen molar-refractivity contribution in [1.82, 2.24) is 4.90 Å². The number of rotatable bonds is 0. The molecule has 46 valence electrons. The Hall–Kier alpha value is -0.100. The van der Waals surface area contributed by atoms with E-state index in [2.05, 4.69) is 9.24 Å². The third-order valence-electron chi connectivity index (χ3n) is 1.37. The van der Waals surface area contributed by atoms with Gasteiger partial charge < -0.3 is 4.90 Å². The Morgan fingerprint density at radius 3 is 2.62 bits per heavy atom. The van der Waals surface area contributed by atoms with Gasteiger partial charge in [0.1, 0.15) is 0 Å². The molecule has 1 rings (SSSR count). The van der Waals surface area contributed by atoms with Gasteiger partial charge in [0.2, 0.25) is 5.91 Å². The summed E-state index contributed by atoms with van der Waals surface area (Å²) in [6, 6.07) is 0. The summed E-state index contributed by atoms with van der Waals surface area (Å²) in [5.74, 6) is 0.269. The number of carbonyl (C=O) groups excluding carboxylic acids is 1. The number of hydrogen-bond acceptors (Lipinski definition) is 1. The molecule has 1 saturated heterocycles. The minimum Gasteiger partial charge on any atom is -0.345 e. The molecule has 1 aliphatic heterocycles. The van der Waals surface area contributed by atoms with Crippen molar-refractivity contribution in [3.8, 4) is 0 Å². The Balaban J connectivity index is 2.51. The van der Waals surface area contributed by atoms with Crippen LogP contribution in [-0.4, -0.2) is 30.1 Å². The van der Waals surface area contributed by atoms with Gasteiger partial charge in [-0.05, 0) is 0 Å². The van der Waals surface area contributed by atoms with Gasteiger partial charge >= 0.3 is 0 Å². The fourth-order valence-electron chi connectivity index (χ4n) is 0.898. The lowest BCUT2D eigenvalue weighted by Gasteiger charge is -2.04. The lowest BCUT2D eigenvalue weighted by molar-refractivity contribution is -0.126. The van der Waals surface area contributed by atoms with Crippen LogP contribution in [0.3, 0.4) is 0 Å². The Morgan fingerprint density at radius 1 is 1.88 bits per heavy atom. The zero-order valence-electron chi connectivity index (χ0n) is 4.92. The smallest absolute Gasteiger partial charge is 0.223 e. The largest absolute Gasteiger partial charge is 0.345 e. The van der Waals surface area contributed by atoms with Gasteiger partial charge in [0.15, 0.2) is 0 Å². The standard InChI is InChI=1S/C5H10NOP/c1-6-3-4(8)2-5(6)7/h4H,2-3,8H2,1H3/t4-/m0/s1. The highest BCUT2D eigenvalue weighted by Gasteiger charge is 2.22. The zero-order valence-corrected chi connectivity index (χ0v) is 6.08. The normalized spacial score (nSPS) is 29.5. The maximum Gasteiger partial charge on any atom is 0.223 e. The molecule has 0 aliphatic carbocycles. The van der Waals surface area contributed by atoms with Crippen molar-refractivity contribution in [2.75, 3.05) is 13.6 Å². The van der Waals surface area contributed by atoms with E-state index >= 15 is 0 Å². The van der Waals surface area contributed by atoms with Crippen molar-refractivity contribution in [2.24, 2.45) is 0 Å². The molecule has 0 aromatic carbocycles. The molecule has 1 aliphatic rings. The van der Waals surface area contributed by atoms with Crippen LogP contribution in [0.5, 0.6) is 0 Å². The van der Waals surface area contributed by atoms with Crippen molar-refractivity contribution >= 4 is 15.1 Å². The molecule has 1 unspecified atom stereocenters. The van der Waals surface area contributed by atoms with E-state index in [4.69, 9.17) is 0 Å². The molecule has 0 radical (unpaired) electrons. The fraction of sp³-hybridized carbons (Fsp3) is 0.800. The SMILES string of the molecule is CN1C[C@@H](P)CC1=O. The summed E-state index contributed by atoms with van der Waals surface area (Å²) in [4.78, 5) is 12.5. The quantitative estimate of drug-likeness (QED) is 0.427. The average Bonchev–Trinajstić information content (AvgIpc) is 1.85. The first-order chi connectivity index (χ1) is 3.70. The van der Waals surface area contributed by atoms with Gasteiger partial charge in [0, 0.05) is 25.7 Å². The van der Waals surface area contributed by atoms with Gasteiger partial charge in [-0.1, -0.05) is 0 Å². The van der Waals surface area contributed by atoms with Crippen LogP contribution in [0.1, 0.15) is 6.42 Å². The van der Waals surface area contributed by atoms with E-state index in [1.807, 2.05) is 7.05 Å². The van der Waals surface area contributed by atoms with E-state index < -0.39 is 0 Å². The highest BCUT2D eigenvalue weighted by molar-refractivity contribution is 7.17. The number of amides is 1. The minimum atomic E-state index is 0.269. The van der Waals surface area contributed by atoms with Crippen LogP contribution in [0, 0.1) is 0 Å². The summed E-state index contributed by atoms with van der Waals surface area (Å²) in [7, 11) is 4.50. The van der Waals surface area contributed by atoms with Crippen LogP contribution in [0.2, 0.25) is 0 Å². The molecule has 8 heavy (non-hydrogen) atoms. The molecule has 0 saturated carbocycles. The molecular weight excluding hydrogens is 121 g/mol. The summed E-state index contributed by atoms with van der Waals surface area (Å²) in [6.45, 7) is 0.906. The molecule has 2 atom stereocenters. The summed E-state index contributed by atoms with van der Waals surface area (Å²) in [5.41, 5.74) is 0.493. The number of likely N-dealkylation sites (tertiary alicyclic amines) is 1. The topological polar surface area (TPSA) is 20.3 Å². The molecule has 0 N–H and O–H groups in total. The number of carbonyl (C=O) groups is 1. The van der Waals surface area contributed by atoms with Crippen molar-refractivity contribution in [1.29, 1.82) is 0 Å². The predicted octanol–water partition coefficient (Wildman–Crippen LogP) is 0.0922. The lowest BCUT2D eigenvalue weighted by Crippen LogP contribution is -2.18. The van der Waals surface area contributed by atoms with Gasteiger partial charge in [-0.25, -0.2) is 0 Å². The van der Waals surface area contributed by atoms with Crippen LogP contribution in [-0.2, 0) is 4.79 Å². The Bertz CT molecular complexity index is 115. The molecule has 0 spiro atoms. The van der Waals surface area contributed by atoms with Crippen LogP contribution < -0.4 is 0 Å². The third kappa shape index (κ3) is 1.00. The fourth-order valence-corrected chi connectivity index (χ4v) is 1.42. The minimum absolute atomic E-state index is 0.269. The van der Waals surface area contributed by atoms with Gasteiger partial charge in [0.05, 0.1) is 0 Å². The maximum absolute atomic E-state index is 10.7. The summed E-state index contributed by atoms with van der Waals surface area (Å²) < 4.78 is 0. The summed E-state index contributed by atoms with van der Waals surface area (Å²) >= 11 is 0. The highest BCUT2D eigenvalue weighted by Crippen LogP contribution is 2.15. The van der Waals surface area contributed by atoms with Crippen LogP contribution >= 0.6 is 9.24 Å². The van der Waals surface area contributed by atoms with E-state index in [-0.39, 0.29) is 5.91 Å². The number of hydrogen-bond donors (Lipinski definition) is 0.